The van der Waals surface area contributed by atoms with Crippen LogP contribution in [0.5, 0.6) is 0 Å². The minimum absolute atomic E-state index is 0.628. The summed E-state index contributed by atoms with van der Waals surface area (Å²) in [5.74, 6) is 0. The molecule has 0 unspecified atom stereocenters. The third kappa shape index (κ3) is 3.62. The molecule has 0 fully saturated rings. The van der Waals surface area contributed by atoms with Gasteiger partial charge in [0.25, 0.3) is 0 Å². The average molecular weight is 220 g/mol. The predicted octanol–water partition coefficient (Wildman–Crippen LogP) is 2.77. The van der Waals surface area contributed by atoms with Crippen LogP contribution in [-0.4, -0.2) is 18.0 Å². The standard InChI is InChI=1S/C14H24N2/c1-4-14(5-2)16(3)11-13-8-6-12(10-15)7-9-13/h6-9,14H,4-5,10-11,15H2,1-3H3. The van der Waals surface area contributed by atoms with Gasteiger partial charge in [-0.3, -0.25) is 4.90 Å². The molecule has 0 spiro atoms. The highest BCUT2D eigenvalue weighted by Gasteiger charge is 2.10. The molecular weight excluding hydrogens is 196 g/mol. The van der Waals surface area contributed by atoms with Crippen molar-refractivity contribution in [2.24, 2.45) is 5.73 Å². The molecule has 0 aromatic heterocycles. The number of nitrogens with two attached hydrogens (primary N) is 1. The zero-order chi connectivity index (χ0) is 12.0. The Morgan fingerprint density at radius 2 is 1.56 bits per heavy atom. The van der Waals surface area contributed by atoms with Gasteiger partial charge in [0.2, 0.25) is 0 Å². The van der Waals surface area contributed by atoms with Crippen LogP contribution in [0.4, 0.5) is 0 Å². The molecule has 0 bridgehead atoms. The summed E-state index contributed by atoms with van der Waals surface area (Å²) in [6.07, 6.45) is 2.43. The first kappa shape index (κ1) is 13.2. The fourth-order valence-electron chi connectivity index (χ4n) is 2.11. The second-order valence-corrected chi connectivity index (χ2v) is 4.41. The Morgan fingerprint density at radius 3 is 2.00 bits per heavy atom. The normalized spacial score (nSPS) is 11.4. The van der Waals surface area contributed by atoms with Gasteiger partial charge in [-0.05, 0) is 31.0 Å². The number of benzene rings is 1. The molecule has 1 aromatic rings. The van der Waals surface area contributed by atoms with Crippen molar-refractivity contribution in [2.45, 2.75) is 45.8 Å². The van der Waals surface area contributed by atoms with Gasteiger partial charge < -0.3 is 5.73 Å². The van der Waals surface area contributed by atoms with E-state index in [4.69, 9.17) is 5.73 Å². The third-order valence-electron chi connectivity index (χ3n) is 3.26. The lowest BCUT2D eigenvalue weighted by molar-refractivity contribution is 0.222. The average Bonchev–Trinajstić information content (AvgIpc) is 2.31. The topological polar surface area (TPSA) is 29.3 Å². The van der Waals surface area contributed by atoms with Crippen LogP contribution in [0.15, 0.2) is 24.3 Å². The van der Waals surface area contributed by atoms with Crippen LogP contribution >= 0.6 is 0 Å². The van der Waals surface area contributed by atoms with Crippen LogP contribution < -0.4 is 5.73 Å². The summed E-state index contributed by atoms with van der Waals surface area (Å²) in [5, 5.41) is 0. The molecule has 2 heteroatoms. The van der Waals surface area contributed by atoms with Crippen molar-refractivity contribution in [2.75, 3.05) is 7.05 Å². The van der Waals surface area contributed by atoms with E-state index in [1.54, 1.807) is 0 Å². The SMILES string of the molecule is CCC(CC)N(C)Cc1ccc(CN)cc1. The van der Waals surface area contributed by atoms with Crippen molar-refractivity contribution >= 4 is 0 Å². The quantitative estimate of drug-likeness (QED) is 0.798. The number of hydrogen-bond donors (Lipinski definition) is 1. The van der Waals surface area contributed by atoms with Gasteiger partial charge in [-0.2, -0.15) is 0 Å². The molecule has 0 aliphatic heterocycles. The lowest BCUT2D eigenvalue weighted by Crippen LogP contribution is -2.29. The summed E-state index contributed by atoms with van der Waals surface area (Å²) < 4.78 is 0. The van der Waals surface area contributed by atoms with Crippen molar-refractivity contribution in [3.63, 3.8) is 0 Å². The molecule has 0 atom stereocenters. The van der Waals surface area contributed by atoms with Crippen molar-refractivity contribution < 1.29 is 0 Å². The summed E-state index contributed by atoms with van der Waals surface area (Å²) in [5.41, 5.74) is 8.15. The molecule has 1 rings (SSSR count). The van der Waals surface area contributed by atoms with Gasteiger partial charge in [0.15, 0.2) is 0 Å². The van der Waals surface area contributed by atoms with Crippen LogP contribution in [0, 0.1) is 0 Å². The second kappa shape index (κ2) is 6.66. The number of rotatable bonds is 6. The van der Waals surface area contributed by atoms with Crippen LogP contribution in [0.25, 0.3) is 0 Å². The predicted molar refractivity (Wildman–Crippen MR) is 70.2 cm³/mol. The zero-order valence-electron chi connectivity index (χ0n) is 10.7. The Labute approximate surface area is 99.5 Å². The Kier molecular flexibility index (Phi) is 5.50. The van der Waals surface area contributed by atoms with Gasteiger partial charge in [0, 0.05) is 19.1 Å². The first-order valence-electron chi connectivity index (χ1n) is 6.19. The summed E-state index contributed by atoms with van der Waals surface area (Å²) in [6, 6.07) is 9.29. The molecule has 0 saturated heterocycles. The smallest absolute Gasteiger partial charge is 0.0233 e. The van der Waals surface area contributed by atoms with E-state index in [1.165, 1.54) is 24.0 Å². The largest absolute Gasteiger partial charge is 0.326 e. The summed E-state index contributed by atoms with van der Waals surface area (Å²) >= 11 is 0. The highest BCUT2D eigenvalue weighted by molar-refractivity contribution is 5.22. The van der Waals surface area contributed by atoms with Gasteiger partial charge in [-0.1, -0.05) is 38.1 Å². The van der Waals surface area contributed by atoms with Crippen LogP contribution in [0.2, 0.25) is 0 Å². The maximum absolute atomic E-state index is 5.58. The molecular formula is C14H24N2. The molecule has 0 aliphatic carbocycles. The van der Waals surface area contributed by atoms with E-state index >= 15 is 0 Å². The molecule has 16 heavy (non-hydrogen) atoms. The Balaban J connectivity index is 2.58. The summed E-state index contributed by atoms with van der Waals surface area (Å²) in [6.45, 7) is 6.16. The number of hydrogen-bond acceptors (Lipinski definition) is 2. The highest BCUT2D eigenvalue weighted by atomic mass is 15.1. The van der Waals surface area contributed by atoms with Crippen molar-refractivity contribution in [1.82, 2.24) is 4.90 Å². The van der Waals surface area contributed by atoms with E-state index < -0.39 is 0 Å². The molecule has 2 N–H and O–H groups in total. The van der Waals surface area contributed by atoms with E-state index in [9.17, 15) is 0 Å². The lowest BCUT2D eigenvalue weighted by atomic mass is 10.1. The minimum atomic E-state index is 0.628. The maximum Gasteiger partial charge on any atom is 0.0233 e. The second-order valence-electron chi connectivity index (χ2n) is 4.41. The third-order valence-corrected chi connectivity index (χ3v) is 3.26. The van der Waals surface area contributed by atoms with Gasteiger partial charge in [-0.25, -0.2) is 0 Å². The minimum Gasteiger partial charge on any atom is -0.326 e. The van der Waals surface area contributed by atoms with E-state index in [0.29, 0.717) is 12.6 Å². The fourth-order valence-corrected chi connectivity index (χ4v) is 2.11. The van der Waals surface area contributed by atoms with Crippen LogP contribution in [0.1, 0.15) is 37.8 Å². The van der Waals surface area contributed by atoms with Crippen LogP contribution in [0.3, 0.4) is 0 Å². The molecule has 0 saturated carbocycles. The zero-order valence-corrected chi connectivity index (χ0v) is 10.7. The molecule has 2 nitrogen and oxygen atoms in total. The maximum atomic E-state index is 5.58. The Morgan fingerprint density at radius 1 is 1.06 bits per heavy atom. The van der Waals surface area contributed by atoms with Crippen LogP contribution in [-0.2, 0) is 13.1 Å². The number of nitrogens with zero attached hydrogens (tertiary/aromatic N) is 1. The first-order valence-corrected chi connectivity index (χ1v) is 6.19. The Hall–Kier alpha value is -0.860. The van der Waals surface area contributed by atoms with Gasteiger partial charge in [-0.15, -0.1) is 0 Å². The monoisotopic (exact) mass is 220 g/mol. The summed E-state index contributed by atoms with van der Waals surface area (Å²) in [4.78, 5) is 2.43. The molecule has 90 valence electrons. The molecule has 0 heterocycles. The fraction of sp³-hybridized carbons (Fsp3) is 0.571. The molecule has 0 aliphatic rings. The lowest BCUT2D eigenvalue weighted by Gasteiger charge is -2.26. The van der Waals surface area contributed by atoms with Gasteiger partial charge in [0.1, 0.15) is 0 Å². The Bertz CT molecular complexity index is 288. The van der Waals surface area contributed by atoms with Crippen molar-refractivity contribution in [3.05, 3.63) is 35.4 Å². The molecule has 1 aromatic carbocycles. The first-order chi connectivity index (χ1) is 7.71. The van der Waals surface area contributed by atoms with E-state index in [0.717, 1.165) is 6.54 Å². The molecule has 0 radical (unpaired) electrons. The van der Waals surface area contributed by atoms with Crippen molar-refractivity contribution in [1.29, 1.82) is 0 Å². The van der Waals surface area contributed by atoms with Crippen molar-refractivity contribution in [3.8, 4) is 0 Å². The molecule has 0 amide bonds. The van der Waals surface area contributed by atoms with Gasteiger partial charge in [0.05, 0.1) is 0 Å². The van der Waals surface area contributed by atoms with E-state index in [1.807, 2.05) is 0 Å². The highest BCUT2D eigenvalue weighted by Crippen LogP contribution is 2.12. The summed E-state index contributed by atoms with van der Waals surface area (Å²) in [7, 11) is 2.20. The van der Waals surface area contributed by atoms with E-state index in [2.05, 4.69) is 50.1 Å². The van der Waals surface area contributed by atoms with Gasteiger partial charge >= 0.3 is 0 Å². The van der Waals surface area contributed by atoms with E-state index in [-0.39, 0.29) is 0 Å².